The van der Waals surface area contributed by atoms with Crippen molar-refractivity contribution in [3.63, 3.8) is 0 Å². The molecular formula is C22H21F3N4O3. The number of fused-ring (bicyclic) bond motifs is 1. The van der Waals surface area contributed by atoms with Gasteiger partial charge in [-0.3, -0.25) is 4.79 Å². The second kappa shape index (κ2) is 8.25. The number of hydrogen-bond acceptors (Lipinski definition) is 6. The molecule has 2 aromatic heterocycles. The Morgan fingerprint density at radius 2 is 1.88 bits per heavy atom. The summed E-state index contributed by atoms with van der Waals surface area (Å²) < 4.78 is 46.2. The molecule has 1 aromatic carbocycles. The fraction of sp³-hybridized carbons (Fsp3) is 0.364. The Morgan fingerprint density at radius 3 is 2.53 bits per heavy atom. The lowest BCUT2D eigenvalue weighted by Gasteiger charge is -2.19. The highest BCUT2D eigenvalue weighted by Gasteiger charge is 2.31. The van der Waals surface area contributed by atoms with Gasteiger partial charge in [-0.1, -0.05) is 18.2 Å². The maximum atomic E-state index is 14.6. The maximum Gasteiger partial charge on any atom is 0.361 e. The van der Waals surface area contributed by atoms with Crippen LogP contribution in [0.15, 0.2) is 27.4 Å². The Hall–Kier alpha value is -3.43. The molecule has 7 nitrogen and oxygen atoms in total. The number of amides is 1. The van der Waals surface area contributed by atoms with Crippen LogP contribution in [-0.2, 0) is 4.79 Å². The first kappa shape index (κ1) is 21.8. The molecule has 1 aliphatic carbocycles. The third-order valence-corrected chi connectivity index (χ3v) is 5.44. The number of carbonyl (C=O) groups is 1. The summed E-state index contributed by atoms with van der Waals surface area (Å²) in [6.07, 6.45) is -1.42. The highest BCUT2D eigenvalue weighted by atomic mass is 19.3. The number of nitrogens with one attached hydrogen (secondary N) is 2. The first-order chi connectivity index (χ1) is 15.2. The molecule has 3 aromatic rings. The van der Waals surface area contributed by atoms with Crippen LogP contribution >= 0.6 is 0 Å². The van der Waals surface area contributed by atoms with Crippen LogP contribution < -0.4 is 16.3 Å². The number of alkyl halides is 2. The summed E-state index contributed by atoms with van der Waals surface area (Å²) >= 11 is 0. The molecule has 1 fully saturated rings. The van der Waals surface area contributed by atoms with Gasteiger partial charge in [-0.2, -0.15) is 4.98 Å². The molecule has 0 bridgehead atoms. The summed E-state index contributed by atoms with van der Waals surface area (Å²) in [6, 6.07) is 3.05. The Balaban J connectivity index is 1.77. The fourth-order valence-corrected chi connectivity index (χ4v) is 3.55. The predicted molar refractivity (Wildman–Crippen MR) is 112 cm³/mol. The zero-order chi connectivity index (χ0) is 23.2. The Kier molecular flexibility index (Phi) is 5.62. The number of benzene rings is 1. The van der Waals surface area contributed by atoms with Gasteiger partial charge >= 0.3 is 5.63 Å². The molecule has 1 amide bonds. The lowest BCUT2D eigenvalue weighted by molar-refractivity contribution is -0.117. The fourth-order valence-electron chi connectivity index (χ4n) is 3.55. The minimum Gasteiger partial charge on any atom is -0.402 e. The molecule has 2 heterocycles. The molecule has 1 saturated carbocycles. The molecule has 0 aliphatic heterocycles. The van der Waals surface area contributed by atoms with Crippen molar-refractivity contribution in [2.45, 2.75) is 46.1 Å². The van der Waals surface area contributed by atoms with Gasteiger partial charge < -0.3 is 15.1 Å². The molecule has 0 radical (unpaired) electrons. The standard InChI is InChI=1S/C22H21F3N4O3/c1-9-15-19(26-10(2)13-5-4-6-14(16(13)23)18(24)25)27-11(3)28-21(15)32-22(31)17(9)29-20(30)12-7-8-12/h4-6,10,12,18H,7-8H2,1-3H3,(H,29,30)(H,26,27,28)/t10-/m1/s1. The molecule has 1 atom stereocenters. The SMILES string of the molecule is Cc1nc(N[C@H](C)c2cccc(C(F)F)c2F)c2c(C)c(NC(=O)C3CC3)c(=O)oc2n1. The van der Waals surface area contributed by atoms with Crippen LogP contribution in [0, 0.1) is 25.6 Å². The van der Waals surface area contributed by atoms with E-state index in [9.17, 15) is 22.8 Å². The Morgan fingerprint density at radius 1 is 1.19 bits per heavy atom. The Bertz CT molecular complexity index is 1270. The third kappa shape index (κ3) is 4.04. The van der Waals surface area contributed by atoms with Crippen molar-refractivity contribution < 1.29 is 22.4 Å². The summed E-state index contributed by atoms with van der Waals surface area (Å²) in [5.41, 5.74) is -1.01. The molecule has 10 heteroatoms. The zero-order valence-electron chi connectivity index (χ0n) is 17.6. The first-order valence-electron chi connectivity index (χ1n) is 10.1. The molecule has 0 spiro atoms. The van der Waals surface area contributed by atoms with E-state index >= 15 is 0 Å². The van der Waals surface area contributed by atoms with E-state index in [1.165, 1.54) is 12.1 Å². The number of carbonyl (C=O) groups excluding carboxylic acids is 1. The van der Waals surface area contributed by atoms with E-state index in [4.69, 9.17) is 4.42 Å². The van der Waals surface area contributed by atoms with Gasteiger partial charge in [0.2, 0.25) is 11.6 Å². The van der Waals surface area contributed by atoms with Crippen LogP contribution in [0.5, 0.6) is 0 Å². The zero-order valence-corrected chi connectivity index (χ0v) is 17.6. The maximum absolute atomic E-state index is 14.6. The van der Waals surface area contributed by atoms with Gasteiger partial charge in [-0.25, -0.2) is 22.9 Å². The quantitative estimate of drug-likeness (QED) is 0.565. The summed E-state index contributed by atoms with van der Waals surface area (Å²) in [6.45, 7) is 4.81. The average molecular weight is 446 g/mol. The summed E-state index contributed by atoms with van der Waals surface area (Å²) in [5.74, 6) is -0.877. The van der Waals surface area contributed by atoms with Crippen LogP contribution in [-0.4, -0.2) is 15.9 Å². The topological polar surface area (TPSA) is 97.1 Å². The summed E-state index contributed by atoms with van der Waals surface area (Å²) in [5, 5.41) is 5.96. The number of halogens is 3. The van der Waals surface area contributed by atoms with Gasteiger partial charge in [0, 0.05) is 11.5 Å². The van der Waals surface area contributed by atoms with Gasteiger partial charge in [-0.05, 0) is 39.2 Å². The number of rotatable bonds is 6. The summed E-state index contributed by atoms with van der Waals surface area (Å²) in [4.78, 5) is 33.2. The van der Waals surface area contributed by atoms with Crippen molar-refractivity contribution in [3.05, 3.63) is 57.0 Å². The number of nitrogens with zero attached hydrogens (tertiary/aromatic N) is 2. The van der Waals surface area contributed by atoms with Gasteiger partial charge in [0.25, 0.3) is 6.43 Å². The lowest BCUT2D eigenvalue weighted by Crippen LogP contribution is -2.21. The van der Waals surface area contributed by atoms with Crippen LogP contribution in [0.3, 0.4) is 0 Å². The van der Waals surface area contributed by atoms with Gasteiger partial charge in [0.15, 0.2) is 0 Å². The second-order valence-corrected chi connectivity index (χ2v) is 7.87. The minimum absolute atomic E-state index is 0.000856. The third-order valence-electron chi connectivity index (χ3n) is 5.44. The molecule has 4 rings (SSSR count). The van der Waals surface area contributed by atoms with Crippen LogP contribution in [0.25, 0.3) is 11.1 Å². The van der Waals surface area contributed by atoms with Gasteiger partial charge in [0.1, 0.15) is 23.1 Å². The van der Waals surface area contributed by atoms with E-state index in [-0.39, 0.29) is 40.4 Å². The number of hydrogen-bond donors (Lipinski definition) is 2. The monoisotopic (exact) mass is 446 g/mol. The van der Waals surface area contributed by atoms with Crippen molar-refractivity contribution in [3.8, 4) is 0 Å². The minimum atomic E-state index is -2.95. The van der Waals surface area contributed by atoms with Gasteiger partial charge in [-0.15, -0.1) is 0 Å². The highest BCUT2D eigenvalue weighted by molar-refractivity contribution is 5.98. The largest absolute Gasteiger partial charge is 0.402 e. The van der Waals surface area contributed by atoms with Crippen LogP contribution in [0.4, 0.5) is 24.7 Å². The highest BCUT2D eigenvalue weighted by Crippen LogP contribution is 2.34. The molecule has 2 N–H and O–H groups in total. The van der Waals surface area contributed by atoms with Crippen LogP contribution in [0.1, 0.15) is 54.7 Å². The molecule has 0 unspecified atom stereocenters. The van der Waals surface area contributed by atoms with Crippen molar-refractivity contribution in [2.24, 2.45) is 5.92 Å². The number of aryl methyl sites for hydroxylation is 2. The van der Waals surface area contributed by atoms with E-state index in [0.29, 0.717) is 10.9 Å². The van der Waals surface area contributed by atoms with E-state index in [0.717, 1.165) is 18.9 Å². The van der Waals surface area contributed by atoms with Crippen molar-refractivity contribution >= 4 is 28.5 Å². The van der Waals surface area contributed by atoms with E-state index < -0.39 is 29.5 Å². The lowest BCUT2D eigenvalue weighted by atomic mass is 10.0. The first-order valence-corrected chi connectivity index (χ1v) is 10.1. The molecule has 0 saturated heterocycles. The summed E-state index contributed by atoms with van der Waals surface area (Å²) in [7, 11) is 0. The smallest absolute Gasteiger partial charge is 0.361 e. The second-order valence-electron chi connectivity index (χ2n) is 7.87. The molecule has 168 valence electrons. The van der Waals surface area contributed by atoms with E-state index in [1.807, 2.05) is 0 Å². The van der Waals surface area contributed by atoms with Crippen molar-refractivity contribution in [1.82, 2.24) is 9.97 Å². The number of aromatic nitrogens is 2. The van der Waals surface area contributed by atoms with E-state index in [2.05, 4.69) is 20.6 Å². The van der Waals surface area contributed by atoms with Crippen molar-refractivity contribution in [1.29, 1.82) is 0 Å². The normalized spacial score (nSPS) is 14.6. The molecule has 32 heavy (non-hydrogen) atoms. The van der Waals surface area contributed by atoms with E-state index in [1.54, 1.807) is 20.8 Å². The van der Waals surface area contributed by atoms with Crippen LogP contribution in [0.2, 0.25) is 0 Å². The van der Waals surface area contributed by atoms with Crippen molar-refractivity contribution in [2.75, 3.05) is 10.6 Å². The number of anilines is 2. The van der Waals surface area contributed by atoms with Gasteiger partial charge in [0.05, 0.1) is 17.0 Å². The predicted octanol–water partition coefficient (Wildman–Crippen LogP) is 4.80. The average Bonchev–Trinajstić information content (AvgIpc) is 3.55. The molecule has 1 aliphatic rings. The Labute approximate surface area is 181 Å². The molecular weight excluding hydrogens is 425 g/mol.